The largest absolute Gasteiger partial charge is 0.508 e. The van der Waals surface area contributed by atoms with Gasteiger partial charge in [0.2, 0.25) is 0 Å². The van der Waals surface area contributed by atoms with Crippen molar-refractivity contribution in [1.29, 1.82) is 0 Å². The van der Waals surface area contributed by atoms with Crippen LogP contribution >= 0.6 is 0 Å². The van der Waals surface area contributed by atoms with Gasteiger partial charge in [0.25, 0.3) is 0 Å². The van der Waals surface area contributed by atoms with Crippen LogP contribution < -0.4 is 4.74 Å². The van der Waals surface area contributed by atoms with Crippen LogP contribution in [0.2, 0.25) is 0 Å². The average molecular weight is 272 g/mol. The van der Waals surface area contributed by atoms with Gasteiger partial charge in [-0.2, -0.15) is 0 Å². The van der Waals surface area contributed by atoms with E-state index in [-0.39, 0.29) is 24.7 Å². The lowest BCUT2D eigenvalue weighted by molar-refractivity contribution is 0.289. The molecule has 0 heterocycles. The molecule has 0 fully saturated rings. The summed E-state index contributed by atoms with van der Waals surface area (Å²) in [4.78, 5) is 0. The standard InChI is InChI=1S/C16H13FO3/c17-15-7-6-12(4-2-8-18)10-16(15)20-11-13-3-1-5-14(19)9-13/h1,3,5-7,9-10,18-19H,8,11H2. The van der Waals surface area contributed by atoms with Gasteiger partial charge >= 0.3 is 0 Å². The van der Waals surface area contributed by atoms with Crippen molar-refractivity contribution in [3.63, 3.8) is 0 Å². The van der Waals surface area contributed by atoms with Crippen LogP contribution in [0.5, 0.6) is 11.5 Å². The summed E-state index contributed by atoms with van der Waals surface area (Å²) in [5.74, 6) is 4.90. The molecule has 0 radical (unpaired) electrons. The highest BCUT2D eigenvalue weighted by molar-refractivity contribution is 5.41. The van der Waals surface area contributed by atoms with Crippen molar-refractivity contribution in [2.75, 3.05) is 6.61 Å². The van der Waals surface area contributed by atoms with E-state index in [1.54, 1.807) is 24.3 Å². The normalized spacial score (nSPS) is 9.70. The summed E-state index contributed by atoms with van der Waals surface area (Å²) in [6.07, 6.45) is 0. The third-order valence-electron chi connectivity index (χ3n) is 2.55. The van der Waals surface area contributed by atoms with Crippen LogP contribution in [0.3, 0.4) is 0 Å². The second kappa shape index (κ2) is 6.60. The Hall–Kier alpha value is -2.51. The molecule has 0 aliphatic rings. The minimum absolute atomic E-state index is 0.0816. The van der Waals surface area contributed by atoms with Crippen molar-refractivity contribution in [3.8, 4) is 23.3 Å². The third kappa shape index (κ3) is 3.74. The van der Waals surface area contributed by atoms with Gasteiger partial charge in [-0.3, -0.25) is 0 Å². The molecule has 102 valence electrons. The Kier molecular flexibility index (Phi) is 4.59. The fraction of sp³-hybridized carbons (Fsp3) is 0.125. The fourth-order valence-corrected chi connectivity index (χ4v) is 1.64. The second-order valence-corrected chi connectivity index (χ2v) is 4.06. The van der Waals surface area contributed by atoms with Crippen molar-refractivity contribution in [1.82, 2.24) is 0 Å². The van der Waals surface area contributed by atoms with Gasteiger partial charge in [0.1, 0.15) is 19.0 Å². The smallest absolute Gasteiger partial charge is 0.165 e. The summed E-state index contributed by atoms with van der Waals surface area (Å²) in [7, 11) is 0. The Morgan fingerprint density at radius 2 is 2.00 bits per heavy atom. The highest BCUT2D eigenvalue weighted by atomic mass is 19.1. The van der Waals surface area contributed by atoms with Gasteiger partial charge in [-0.1, -0.05) is 24.0 Å². The lowest BCUT2D eigenvalue weighted by atomic mass is 10.2. The van der Waals surface area contributed by atoms with Crippen molar-refractivity contribution in [3.05, 3.63) is 59.4 Å². The van der Waals surface area contributed by atoms with E-state index >= 15 is 0 Å². The Labute approximate surface area is 116 Å². The molecule has 0 atom stereocenters. The molecular weight excluding hydrogens is 259 g/mol. The van der Waals surface area contributed by atoms with Crippen molar-refractivity contribution in [2.24, 2.45) is 0 Å². The molecule has 2 aromatic carbocycles. The zero-order valence-electron chi connectivity index (χ0n) is 10.6. The van der Waals surface area contributed by atoms with Crippen LogP contribution in [-0.4, -0.2) is 16.8 Å². The lowest BCUT2D eigenvalue weighted by Crippen LogP contribution is -1.97. The van der Waals surface area contributed by atoms with Gasteiger partial charge in [-0.25, -0.2) is 4.39 Å². The lowest BCUT2D eigenvalue weighted by Gasteiger charge is -2.08. The zero-order chi connectivity index (χ0) is 14.4. The van der Waals surface area contributed by atoms with Crippen molar-refractivity contribution in [2.45, 2.75) is 6.61 Å². The number of aliphatic hydroxyl groups excluding tert-OH is 1. The van der Waals surface area contributed by atoms with Gasteiger partial charge in [0.15, 0.2) is 11.6 Å². The highest BCUT2D eigenvalue weighted by Gasteiger charge is 2.05. The summed E-state index contributed by atoms with van der Waals surface area (Å²) in [5, 5.41) is 18.0. The molecule has 4 heteroatoms. The number of hydrogen-bond acceptors (Lipinski definition) is 3. The number of rotatable bonds is 3. The summed E-state index contributed by atoms with van der Waals surface area (Å²) in [5.41, 5.74) is 1.29. The van der Waals surface area contributed by atoms with E-state index in [4.69, 9.17) is 9.84 Å². The molecule has 0 unspecified atom stereocenters. The van der Waals surface area contributed by atoms with Gasteiger partial charge in [-0.05, 0) is 35.9 Å². The maximum absolute atomic E-state index is 13.6. The first-order chi connectivity index (χ1) is 9.69. The molecule has 2 N–H and O–H groups in total. The predicted octanol–water partition coefficient (Wildman–Crippen LogP) is 2.45. The van der Waals surface area contributed by atoms with Crippen LogP contribution in [0.4, 0.5) is 4.39 Å². The Bertz CT molecular complexity index is 656. The maximum atomic E-state index is 13.6. The molecule has 2 aromatic rings. The van der Waals surface area contributed by atoms with Gasteiger partial charge < -0.3 is 14.9 Å². The molecule has 0 saturated heterocycles. The molecule has 0 aromatic heterocycles. The fourth-order valence-electron chi connectivity index (χ4n) is 1.64. The summed E-state index contributed by atoms with van der Waals surface area (Å²) < 4.78 is 19.0. The molecule has 0 spiro atoms. The first-order valence-electron chi connectivity index (χ1n) is 5.99. The number of halogens is 1. The monoisotopic (exact) mass is 272 g/mol. The molecule has 0 bridgehead atoms. The molecule has 0 amide bonds. The van der Waals surface area contributed by atoms with Crippen LogP contribution in [0.1, 0.15) is 11.1 Å². The average Bonchev–Trinajstić information content (AvgIpc) is 2.45. The molecular formula is C16H13FO3. The molecule has 3 nitrogen and oxygen atoms in total. The Morgan fingerprint density at radius 3 is 2.75 bits per heavy atom. The minimum Gasteiger partial charge on any atom is -0.508 e. The zero-order valence-corrected chi connectivity index (χ0v) is 10.6. The Morgan fingerprint density at radius 1 is 1.15 bits per heavy atom. The first kappa shape index (κ1) is 13.9. The van der Waals surface area contributed by atoms with E-state index in [0.29, 0.717) is 5.56 Å². The number of aliphatic hydroxyl groups is 1. The maximum Gasteiger partial charge on any atom is 0.165 e. The van der Waals surface area contributed by atoms with Crippen LogP contribution in [0.25, 0.3) is 0 Å². The van der Waals surface area contributed by atoms with Crippen LogP contribution in [0.15, 0.2) is 42.5 Å². The SMILES string of the molecule is OCC#Cc1ccc(F)c(OCc2cccc(O)c2)c1. The van der Waals surface area contributed by atoms with E-state index < -0.39 is 5.82 Å². The number of hydrogen-bond donors (Lipinski definition) is 2. The van der Waals surface area contributed by atoms with E-state index in [1.165, 1.54) is 18.2 Å². The van der Waals surface area contributed by atoms with E-state index in [2.05, 4.69) is 11.8 Å². The Balaban J connectivity index is 2.12. The molecule has 20 heavy (non-hydrogen) atoms. The number of phenolic OH excluding ortho intramolecular Hbond substituents is 1. The van der Waals surface area contributed by atoms with Crippen molar-refractivity contribution < 1.29 is 19.3 Å². The summed E-state index contributed by atoms with van der Waals surface area (Å²) >= 11 is 0. The molecule has 0 saturated carbocycles. The number of ether oxygens (including phenoxy) is 1. The van der Waals surface area contributed by atoms with Crippen molar-refractivity contribution >= 4 is 0 Å². The van der Waals surface area contributed by atoms with Crippen LogP contribution in [-0.2, 0) is 6.61 Å². The number of benzene rings is 2. The second-order valence-electron chi connectivity index (χ2n) is 4.06. The third-order valence-corrected chi connectivity index (χ3v) is 2.55. The highest BCUT2D eigenvalue weighted by Crippen LogP contribution is 2.20. The van der Waals surface area contributed by atoms with E-state index in [9.17, 15) is 9.50 Å². The van der Waals surface area contributed by atoms with E-state index in [0.717, 1.165) is 5.56 Å². The quantitative estimate of drug-likeness (QED) is 0.844. The molecule has 0 aliphatic carbocycles. The summed E-state index contributed by atoms with van der Waals surface area (Å²) in [6, 6.07) is 10.8. The summed E-state index contributed by atoms with van der Waals surface area (Å²) in [6.45, 7) is -0.112. The first-order valence-corrected chi connectivity index (χ1v) is 5.99. The topological polar surface area (TPSA) is 49.7 Å². The minimum atomic E-state index is -0.486. The molecule has 0 aliphatic heterocycles. The number of aromatic hydroxyl groups is 1. The molecule has 2 rings (SSSR count). The van der Waals surface area contributed by atoms with Gasteiger partial charge in [0.05, 0.1) is 0 Å². The predicted molar refractivity (Wildman–Crippen MR) is 72.8 cm³/mol. The number of phenols is 1. The van der Waals surface area contributed by atoms with Gasteiger partial charge in [-0.15, -0.1) is 0 Å². The van der Waals surface area contributed by atoms with Crippen LogP contribution in [0, 0.1) is 17.7 Å². The van der Waals surface area contributed by atoms with E-state index in [1.807, 2.05) is 0 Å². The van der Waals surface area contributed by atoms with Gasteiger partial charge in [0, 0.05) is 5.56 Å².